The zero-order valence-corrected chi connectivity index (χ0v) is 26.1. The molecule has 0 fully saturated rings. The molecule has 0 amide bonds. The van der Waals surface area contributed by atoms with Gasteiger partial charge in [-0.25, -0.2) is 9.13 Å². The van der Waals surface area contributed by atoms with E-state index in [0.29, 0.717) is 0 Å². The van der Waals surface area contributed by atoms with Gasteiger partial charge < -0.3 is 0 Å². The summed E-state index contributed by atoms with van der Waals surface area (Å²) >= 11 is 0. The van der Waals surface area contributed by atoms with Crippen LogP contribution in [0.4, 0.5) is 0 Å². The summed E-state index contributed by atoms with van der Waals surface area (Å²) in [5, 5.41) is 0. The Hall–Kier alpha value is -0.790. The second kappa shape index (κ2) is 26.8. The van der Waals surface area contributed by atoms with Crippen LogP contribution < -0.4 is 4.57 Å². The Kier molecular flexibility index (Phi) is 24.8. The van der Waals surface area contributed by atoms with Crippen molar-refractivity contribution in [2.75, 3.05) is 0 Å². The van der Waals surface area contributed by atoms with Crippen molar-refractivity contribution in [1.82, 2.24) is 4.57 Å². The SMILES string of the molecule is CCCCCCCCCCCCCCCCCCCc1n(CCCCCCCCCCC)cc[n+]1CC. The van der Waals surface area contributed by atoms with E-state index in [0.717, 1.165) is 6.54 Å². The molecule has 1 aromatic heterocycles. The summed E-state index contributed by atoms with van der Waals surface area (Å²) in [5.74, 6) is 1.57. The molecule has 0 aliphatic heterocycles. The van der Waals surface area contributed by atoms with Gasteiger partial charge in [0.1, 0.15) is 12.4 Å². The molecule has 37 heavy (non-hydrogen) atoms. The summed E-state index contributed by atoms with van der Waals surface area (Å²) in [4.78, 5) is 0. The maximum atomic E-state index is 2.57. The fraction of sp³-hybridized carbons (Fsp3) is 0.914. The third-order valence-corrected chi connectivity index (χ3v) is 8.44. The van der Waals surface area contributed by atoms with Crippen LogP contribution in [0.15, 0.2) is 12.4 Å². The van der Waals surface area contributed by atoms with Gasteiger partial charge in [0.05, 0.1) is 13.1 Å². The number of rotatable bonds is 29. The van der Waals surface area contributed by atoms with Crippen molar-refractivity contribution >= 4 is 0 Å². The highest BCUT2D eigenvalue weighted by Gasteiger charge is 2.15. The largest absolute Gasteiger partial charge is 0.256 e. The van der Waals surface area contributed by atoms with Crippen molar-refractivity contribution in [2.45, 2.75) is 207 Å². The van der Waals surface area contributed by atoms with E-state index in [1.807, 2.05) is 0 Å². The Bertz CT molecular complexity index is 576. The van der Waals surface area contributed by atoms with Crippen LogP contribution in [-0.4, -0.2) is 4.57 Å². The average molecular weight is 518 g/mol. The molecule has 218 valence electrons. The molecule has 0 bridgehead atoms. The van der Waals surface area contributed by atoms with E-state index in [-0.39, 0.29) is 0 Å². The molecule has 0 unspecified atom stereocenters. The van der Waals surface area contributed by atoms with Gasteiger partial charge in [-0.1, -0.05) is 162 Å². The minimum atomic E-state index is 1.11. The number of hydrogen-bond donors (Lipinski definition) is 0. The molecule has 0 N–H and O–H groups in total. The summed E-state index contributed by atoms with van der Waals surface area (Å²) in [5.41, 5.74) is 0. The van der Waals surface area contributed by atoms with Crippen LogP contribution in [-0.2, 0) is 19.5 Å². The highest BCUT2D eigenvalue weighted by Crippen LogP contribution is 2.15. The second-order valence-corrected chi connectivity index (χ2v) is 11.9. The lowest BCUT2D eigenvalue weighted by Gasteiger charge is -2.06. The molecule has 0 saturated heterocycles. The molecule has 1 heterocycles. The van der Waals surface area contributed by atoms with Gasteiger partial charge in [-0.15, -0.1) is 0 Å². The van der Waals surface area contributed by atoms with Gasteiger partial charge >= 0.3 is 0 Å². The van der Waals surface area contributed by atoms with Crippen molar-refractivity contribution in [3.8, 4) is 0 Å². The number of aromatic nitrogens is 2. The smallest absolute Gasteiger partial charge is 0.235 e. The van der Waals surface area contributed by atoms with Crippen LogP contribution in [0.5, 0.6) is 0 Å². The van der Waals surface area contributed by atoms with E-state index in [1.54, 1.807) is 5.82 Å². The lowest BCUT2D eigenvalue weighted by Crippen LogP contribution is -2.36. The summed E-state index contributed by atoms with van der Waals surface area (Å²) in [6, 6.07) is 0. The molecule has 0 atom stereocenters. The minimum absolute atomic E-state index is 1.11. The molecule has 0 spiro atoms. The number of imidazole rings is 1. The Morgan fingerprint density at radius 1 is 0.459 bits per heavy atom. The van der Waals surface area contributed by atoms with Crippen LogP contribution in [0.25, 0.3) is 0 Å². The van der Waals surface area contributed by atoms with Crippen molar-refractivity contribution in [3.63, 3.8) is 0 Å². The van der Waals surface area contributed by atoms with Crippen LogP contribution in [0.1, 0.15) is 194 Å². The molecule has 0 aliphatic rings. The first-order valence-corrected chi connectivity index (χ1v) is 17.4. The molecule has 0 aromatic carbocycles. The van der Waals surface area contributed by atoms with Gasteiger partial charge in [0.15, 0.2) is 0 Å². The first-order valence-electron chi connectivity index (χ1n) is 17.4. The molecule has 0 radical (unpaired) electrons. The molecule has 1 rings (SSSR count). The van der Waals surface area contributed by atoms with E-state index in [9.17, 15) is 0 Å². The van der Waals surface area contributed by atoms with Crippen molar-refractivity contribution in [2.24, 2.45) is 0 Å². The molecule has 2 heteroatoms. The fourth-order valence-electron chi connectivity index (χ4n) is 5.88. The van der Waals surface area contributed by atoms with Crippen molar-refractivity contribution in [1.29, 1.82) is 0 Å². The van der Waals surface area contributed by atoms with Crippen molar-refractivity contribution in [3.05, 3.63) is 18.2 Å². The second-order valence-electron chi connectivity index (χ2n) is 11.9. The minimum Gasteiger partial charge on any atom is -0.235 e. The van der Waals surface area contributed by atoms with Gasteiger partial charge in [-0.05, 0) is 26.2 Å². The Morgan fingerprint density at radius 3 is 1.19 bits per heavy atom. The fourth-order valence-corrected chi connectivity index (χ4v) is 5.88. The van der Waals surface area contributed by atoms with Crippen LogP contribution in [0.2, 0.25) is 0 Å². The lowest BCUT2D eigenvalue weighted by molar-refractivity contribution is -0.700. The van der Waals surface area contributed by atoms with Gasteiger partial charge in [-0.3, -0.25) is 0 Å². The summed E-state index contributed by atoms with van der Waals surface area (Å²) < 4.78 is 5.05. The predicted octanol–water partition coefficient (Wildman–Crippen LogP) is 11.5. The maximum Gasteiger partial charge on any atom is 0.256 e. The quantitative estimate of drug-likeness (QED) is 0.0737. The lowest BCUT2D eigenvalue weighted by atomic mass is 10.0. The van der Waals surface area contributed by atoms with Gasteiger partial charge in [0.25, 0.3) is 5.82 Å². The third-order valence-electron chi connectivity index (χ3n) is 8.44. The maximum absolute atomic E-state index is 2.57. The summed E-state index contributed by atoms with van der Waals surface area (Å²) in [6.45, 7) is 9.23. The van der Waals surface area contributed by atoms with E-state index in [2.05, 4.69) is 42.3 Å². The van der Waals surface area contributed by atoms with Crippen LogP contribution in [0.3, 0.4) is 0 Å². The Labute approximate surface area is 234 Å². The zero-order valence-electron chi connectivity index (χ0n) is 26.1. The molecule has 0 aliphatic carbocycles. The third kappa shape index (κ3) is 19.9. The number of hydrogen-bond acceptors (Lipinski definition) is 0. The monoisotopic (exact) mass is 518 g/mol. The summed E-state index contributed by atoms with van der Waals surface area (Å²) in [7, 11) is 0. The van der Waals surface area contributed by atoms with Crippen LogP contribution in [0, 0.1) is 0 Å². The van der Waals surface area contributed by atoms with E-state index >= 15 is 0 Å². The number of aryl methyl sites for hydroxylation is 2. The number of nitrogens with zero attached hydrogens (tertiary/aromatic N) is 2. The highest BCUT2D eigenvalue weighted by atomic mass is 15.1. The van der Waals surface area contributed by atoms with Gasteiger partial charge in [0.2, 0.25) is 0 Å². The Morgan fingerprint density at radius 2 is 0.811 bits per heavy atom. The topological polar surface area (TPSA) is 8.81 Å². The molecular formula is C35H69N2+. The van der Waals surface area contributed by atoms with Crippen LogP contribution >= 0.6 is 0 Å². The number of unbranched alkanes of at least 4 members (excludes halogenated alkanes) is 24. The standard InChI is InChI=1S/C35H69N2/c1-4-7-9-11-13-15-16-17-18-19-20-21-22-23-25-27-29-31-35-36(6-3)33-34-37(35)32-30-28-26-24-14-12-10-8-5-2/h33-34H,4-32H2,1-3H3/q+1. The van der Waals surface area contributed by atoms with Crippen molar-refractivity contribution < 1.29 is 4.57 Å². The van der Waals surface area contributed by atoms with E-state index in [4.69, 9.17) is 0 Å². The predicted molar refractivity (Wildman–Crippen MR) is 165 cm³/mol. The molecular weight excluding hydrogens is 448 g/mol. The average Bonchev–Trinajstić information content (AvgIpc) is 3.31. The molecule has 0 saturated carbocycles. The van der Waals surface area contributed by atoms with E-state index < -0.39 is 0 Å². The Balaban J connectivity index is 1.97. The highest BCUT2D eigenvalue weighted by molar-refractivity contribution is 4.84. The first kappa shape index (κ1) is 34.2. The summed E-state index contributed by atoms with van der Waals surface area (Å²) in [6.07, 6.45) is 43.3. The molecule has 2 nitrogen and oxygen atoms in total. The first-order chi connectivity index (χ1) is 18.3. The molecule has 1 aromatic rings. The van der Waals surface area contributed by atoms with Gasteiger partial charge in [-0.2, -0.15) is 0 Å². The normalized spacial score (nSPS) is 11.5. The zero-order chi connectivity index (χ0) is 26.7. The van der Waals surface area contributed by atoms with Gasteiger partial charge in [0, 0.05) is 6.42 Å². The van der Waals surface area contributed by atoms with E-state index in [1.165, 1.54) is 180 Å².